The number of rotatable bonds is 8. The number of carbonyl (C=O) groups excluding carboxylic acids is 3. The molecule has 1 unspecified atom stereocenters. The first-order valence-electron chi connectivity index (χ1n) is 13.4. The van der Waals surface area contributed by atoms with E-state index in [9.17, 15) is 14.4 Å². The van der Waals surface area contributed by atoms with Crippen LogP contribution in [0.25, 0.3) is 22.4 Å². The molecule has 4 aromatic rings. The Kier molecular flexibility index (Phi) is 8.16. The highest BCUT2D eigenvalue weighted by molar-refractivity contribution is 7.17. The van der Waals surface area contributed by atoms with Gasteiger partial charge in [-0.2, -0.15) is 0 Å². The van der Waals surface area contributed by atoms with Crippen LogP contribution in [-0.4, -0.2) is 47.6 Å². The number of H-pyrrole nitrogens is 1. The van der Waals surface area contributed by atoms with Crippen LogP contribution in [0.1, 0.15) is 64.3 Å². The van der Waals surface area contributed by atoms with Crippen LogP contribution in [0.2, 0.25) is 0 Å². The standard InChI is InChI=1S/C30H31N3O6S/c1-4-38-30(36)25-21-8-6-5-7-9-24(21)40-28(25)33-27(34)17(2)39-29(35)19-12-15-22-23(16-19)32-26(31-22)18-10-13-20(37-3)14-11-18/h10-17H,4-9H2,1-3H3,(H,31,32)(H,33,34). The maximum Gasteiger partial charge on any atom is 0.341 e. The third kappa shape index (κ3) is 5.72. The van der Waals surface area contributed by atoms with Crippen LogP contribution in [0.4, 0.5) is 5.00 Å². The molecule has 0 radical (unpaired) electrons. The number of nitrogens with zero attached hydrogens (tertiary/aromatic N) is 1. The molecule has 2 aromatic heterocycles. The van der Waals surface area contributed by atoms with E-state index in [1.54, 1.807) is 32.2 Å². The molecule has 10 heteroatoms. The summed E-state index contributed by atoms with van der Waals surface area (Å²) < 4.78 is 16.0. The van der Waals surface area contributed by atoms with Gasteiger partial charge in [0.2, 0.25) is 0 Å². The molecule has 208 valence electrons. The molecule has 0 fully saturated rings. The number of aryl methyl sites for hydroxylation is 1. The lowest BCUT2D eigenvalue weighted by atomic mass is 10.1. The number of nitrogens with one attached hydrogen (secondary N) is 2. The number of hydrogen-bond acceptors (Lipinski definition) is 8. The number of methoxy groups -OCH3 is 1. The van der Waals surface area contributed by atoms with Gasteiger partial charge in [0.1, 0.15) is 16.6 Å². The molecule has 2 N–H and O–H groups in total. The van der Waals surface area contributed by atoms with Gasteiger partial charge in [-0.25, -0.2) is 14.6 Å². The summed E-state index contributed by atoms with van der Waals surface area (Å²) >= 11 is 1.40. The van der Waals surface area contributed by atoms with E-state index in [0.717, 1.165) is 53.9 Å². The van der Waals surface area contributed by atoms with E-state index in [2.05, 4.69) is 15.3 Å². The number of amides is 1. The van der Waals surface area contributed by atoms with E-state index in [-0.39, 0.29) is 12.2 Å². The Labute approximate surface area is 235 Å². The molecule has 0 saturated carbocycles. The van der Waals surface area contributed by atoms with E-state index in [4.69, 9.17) is 14.2 Å². The average Bonchev–Trinajstić information content (AvgIpc) is 3.46. The largest absolute Gasteiger partial charge is 0.497 e. The zero-order chi connectivity index (χ0) is 28.2. The molecule has 1 aliphatic rings. The molecule has 1 aliphatic carbocycles. The smallest absolute Gasteiger partial charge is 0.341 e. The number of anilines is 1. The number of aromatic amines is 1. The molecule has 40 heavy (non-hydrogen) atoms. The van der Waals surface area contributed by atoms with Crippen LogP contribution in [0.5, 0.6) is 5.75 Å². The Bertz CT molecular complexity index is 1560. The van der Waals surface area contributed by atoms with Gasteiger partial charge < -0.3 is 24.5 Å². The number of thiophene rings is 1. The molecule has 9 nitrogen and oxygen atoms in total. The van der Waals surface area contributed by atoms with Crippen molar-refractivity contribution in [3.63, 3.8) is 0 Å². The third-order valence-corrected chi connectivity index (χ3v) is 8.08. The van der Waals surface area contributed by atoms with Crippen molar-refractivity contribution in [3.8, 4) is 17.1 Å². The van der Waals surface area contributed by atoms with Gasteiger partial charge in [0, 0.05) is 10.4 Å². The summed E-state index contributed by atoms with van der Waals surface area (Å²) in [6.45, 7) is 3.50. The number of hydrogen-bond donors (Lipinski definition) is 2. The fraction of sp³-hybridized carbons (Fsp3) is 0.333. The Morgan fingerprint density at radius 2 is 1.82 bits per heavy atom. The predicted octanol–water partition coefficient (Wildman–Crippen LogP) is 5.93. The molecule has 1 atom stereocenters. The third-order valence-electron chi connectivity index (χ3n) is 6.87. The van der Waals surface area contributed by atoms with Crippen molar-refractivity contribution < 1.29 is 28.6 Å². The summed E-state index contributed by atoms with van der Waals surface area (Å²) in [4.78, 5) is 47.7. The van der Waals surface area contributed by atoms with E-state index in [0.29, 0.717) is 27.4 Å². The van der Waals surface area contributed by atoms with Gasteiger partial charge in [-0.1, -0.05) is 6.42 Å². The minimum absolute atomic E-state index is 0.243. The van der Waals surface area contributed by atoms with Crippen molar-refractivity contribution >= 4 is 45.2 Å². The Morgan fingerprint density at radius 3 is 2.58 bits per heavy atom. The van der Waals surface area contributed by atoms with Gasteiger partial charge in [-0.15, -0.1) is 11.3 Å². The SMILES string of the molecule is CCOC(=O)c1c(NC(=O)C(C)OC(=O)c2ccc3nc(-c4ccc(OC)cc4)[nH]c3c2)sc2c1CCCCC2. The van der Waals surface area contributed by atoms with Crippen molar-refractivity contribution in [2.75, 3.05) is 19.0 Å². The molecule has 0 saturated heterocycles. The summed E-state index contributed by atoms with van der Waals surface area (Å²) in [6, 6.07) is 12.5. The lowest BCUT2D eigenvalue weighted by Gasteiger charge is -2.14. The minimum atomic E-state index is -1.09. The van der Waals surface area contributed by atoms with E-state index in [1.807, 2.05) is 24.3 Å². The fourth-order valence-corrected chi connectivity index (χ4v) is 6.05. The first kappa shape index (κ1) is 27.4. The van der Waals surface area contributed by atoms with Gasteiger partial charge in [-0.05, 0) is 87.6 Å². The molecule has 0 bridgehead atoms. The van der Waals surface area contributed by atoms with E-state index >= 15 is 0 Å². The van der Waals surface area contributed by atoms with Crippen LogP contribution in [0.15, 0.2) is 42.5 Å². The normalized spacial score (nSPS) is 13.7. The number of aromatic nitrogens is 2. The second kappa shape index (κ2) is 11.9. The maximum atomic E-state index is 13.1. The van der Waals surface area contributed by atoms with Crippen molar-refractivity contribution in [1.29, 1.82) is 0 Å². The minimum Gasteiger partial charge on any atom is -0.497 e. The molecule has 2 aromatic carbocycles. The Balaban J connectivity index is 1.29. The van der Waals surface area contributed by atoms with Gasteiger partial charge in [-0.3, -0.25) is 4.79 Å². The molecular formula is C30H31N3O6S. The average molecular weight is 562 g/mol. The Hall–Kier alpha value is -4.18. The van der Waals surface area contributed by atoms with E-state index < -0.39 is 23.9 Å². The van der Waals surface area contributed by atoms with Crippen LogP contribution in [0, 0.1) is 0 Å². The number of carbonyl (C=O) groups is 3. The van der Waals surface area contributed by atoms with Crippen molar-refractivity contribution in [1.82, 2.24) is 9.97 Å². The lowest BCUT2D eigenvalue weighted by molar-refractivity contribution is -0.123. The molecule has 2 heterocycles. The topological polar surface area (TPSA) is 120 Å². The van der Waals surface area contributed by atoms with Crippen LogP contribution in [-0.2, 0) is 27.1 Å². The molecular weight excluding hydrogens is 530 g/mol. The highest BCUT2D eigenvalue weighted by Gasteiger charge is 2.28. The number of esters is 2. The summed E-state index contributed by atoms with van der Waals surface area (Å²) in [6.07, 6.45) is 3.68. The molecule has 5 rings (SSSR count). The van der Waals surface area contributed by atoms with Gasteiger partial charge in [0.25, 0.3) is 5.91 Å². The first-order valence-corrected chi connectivity index (χ1v) is 14.2. The van der Waals surface area contributed by atoms with Crippen LogP contribution < -0.4 is 10.1 Å². The summed E-state index contributed by atoms with van der Waals surface area (Å²) in [5.41, 5.74) is 3.90. The quantitative estimate of drug-likeness (QED) is 0.202. The van der Waals surface area contributed by atoms with Crippen molar-refractivity contribution in [2.45, 2.75) is 52.1 Å². The Morgan fingerprint density at radius 1 is 1.05 bits per heavy atom. The van der Waals surface area contributed by atoms with Gasteiger partial charge in [0.15, 0.2) is 6.10 Å². The highest BCUT2D eigenvalue weighted by atomic mass is 32.1. The van der Waals surface area contributed by atoms with Crippen molar-refractivity contribution in [3.05, 3.63) is 64.0 Å². The zero-order valence-electron chi connectivity index (χ0n) is 22.7. The van der Waals surface area contributed by atoms with E-state index in [1.165, 1.54) is 18.3 Å². The zero-order valence-corrected chi connectivity index (χ0v) is 23.5. The highest BCUT2D eigenvalue weighted by Crippen LogP contribution is 2.38. The lowest BCUT2D eigenvalue weighted by Crippen LogP contribution is -2.30. The maximum absolute atomic E-state index is 13.1. The monoisotopic (exact) mass is 561 g/mol. The number of imidazole rings is 1. The van der Waals surface area contributed by atoms with Crippen LogP contribution >= 0.6 is 11.3 Å². The number of ether oxygens (including phenoxy) is 3. The van der Waals surface area contributed by atoms with Crippen molar-refractivity contribution in [2.24, 2.45) is 0 Å². The fourth-order valence-electron chi connectivity index (χ4n) is 4.77. The predicted molar refractivity (Wildman–Crippen MR) is 153 cm³/mol. The van der Waals surface area contributed by atoms with Gasteiger partial charge in [0.05, 0.1) is 35.9 Å². The summed E-state index contributed by atoms with van der Waals surface area (Å²) in [7, 11) is 1.61. The first-order chi connectivity index (χ1) is 19.4. The number of fused-ring (bicyclic) bond motifs is 2. The summed E-state index contributed by atoms with van der Waals surface area (Å²) in [5.74, 6) is -0.196. The molecule has 0 spiro atoms. The molecule has 0 aliphatic heterocycles. The van der Waals surface area contributed by atoms with Crippen LogP contribution in [0.3, 0.4) is 0 Å². The van der Waals surface area contributed by atoms with Gasteiger partial charge >= 0.3 is 11.9 Å². The second-order valence-corrected chi connectivity index (χ2v) is 10.7. The summed E-state index contributed by atoms with van der Waals surface area (Å²) in [5, 5.41) is 3.27. The molecule has 1 amide bonds. The second-order valence-electron chi connectivity index (χ2n) is 9.57. The number of benzene rings is 2.